The summed E-state index contributed by atoms with van der Waals surface area (Å²) in [5.74, 6) is 0. The van der Waals surface area contributed by atoms with Gasteiger partial charge in [-0.2, -0.15) is 0 Å². The molecule has 0 radical (unpaired) electrons. The van der Waals surface area contributed by atoms with Gasteiger partial charge in [0.05, 0.1) is 37.0 Å². The monoisotopic (exact) mass is 599 g/mol. The van der Waals surface area contributed by atoms with Gasteiger partial charge in [0.1, 0.15) is 11.2 Å². The maximum Gasteiger partial charge on any atom is 0.143 e. The molecule has 0 bridgehead atoms. The summed E-state index contributed by atoms with van der Waals surface area (Å²) in [6, 6.07) is -23.5. The van der Waals surface area contributed by atoms with Crippen molar-refractivity contribution in [1.82, 2.24) is 0 Å². The Morgan fingerprint density at radius 1 is 0.356 bits per heavy atom. The Morgan fingerprint density at radius 3 is 1.53 bits per heavy atom. The van der Waals surface area contributed by atoms with E-state index < -0.39 is 240 Å². The standard InChI is InChI=1S/C44H28O/c1-3-13-29(14-4-1)31-17-11-18-33(27-31)42-35-19-7-9-21-37(35)43(38-22-10-8-20-36(38)42)40-24-12-23-39-34-26-25-32(28-41(34)45-44(39)40)30-15-5-2-6-16-30/h1-28H/i1D,2D,3D,4D,5D,6D,7D,8D,9D,10D,11D,12D,13D,14D,15D,16D,17D,18D,19D,20D,21D,22D,24D,25D,26D,27D,28D. The van der Waals surface area contributed by atoms with Gasteiger partial charge >= 0.3 is 0 Å². The SMILES string of the molecule is [2H]c1cc2c(oc3c([2H])c(-c4c([2H])c([2H])c([2H])c([2H])c4[2H])c([2H])c([2H])c32)c(-c2c3c([2H])c([2H])c([2H])c([2H])c3c(-c3c([2H])c([2H])c([2H])c(-c4c([2H])c([2H])c([2H])c([2H])c4[2H])c3[2H])c3c([2H])c([2H])c([2H])c([2H])c23)c1[2H]. The summed E-state index contributed by atoms with van der Waals surface area (Å²) in [4.78, 5) is 0. The van der Waals surface area contributed by atoms with Gasteiger partial charge in [-0.3, -0.25) is 0 Å². The van der Waals surface area contributed by atoms with Crippen LogP contribution in [0.25, 0.3) is 88.0 Å². The number of rotatable bonds is 4. The quantitative estimate of drug-likeness (QED) is 0.183. The van der Waals surface area contributed by atoms with Crippen LogP contribution in [0.5, 0.6) is 0 Å². The van der Waals surface area contributed by atoms with Crippen molar-refractivity contribution >= 4 is 43.5 Å². The third-order valence-corrected chi connectivity index (χ3v) is 7.14. The van der Waals surface area contributed by atoms with Gasteiger partial charge in [-0.25, -0.2) is 0 Å². The zero-order chi connectivity index (χ0) is 53.2. The van der Waals surface area contributed by atoms with Gasteiger partial charge in [0.2, 0.25) is 0 Å². The molecule has 1 nitrogen and oxygen atoms in total. The van der Waals surface area contributed by atoms with Crippen molar-refractivity contribution in [1.29, 1.82) is 0 Å². The van der Waals surface area contributed by atoms with Gasteiger partial charge in [-0.15, -0.1) is 0 Å². The summed E-state index contributed by atoms with van der Waals surface area (Å²) < 4.78 is 246. The van der Waals surface area contributed by atoms with Crippen molar-refractivity contribution < 1.29 is 41.4 Å². The molecule has 0 aliphatic rings. The van der Waals surface area contributed by atoms with E-state index in [0.29, 0.717) is 0 Å². The first kappa shape index (κ1) is 10.3. The normalized spacial score (nSPS) is 20.0. The van der Waals surface area contributed by atoms with E-state index in [0.717, 1.165) is 6.07 Å². The van der Waals surface area contributed by atoms with Crippen molar-refractivity contribution in [2.75, 3.05) is 0 Å². The second kappa shape index (κ2) is 10.4. The summed E-state index contributed by atoms with van der Waals surface area (Å²) in [6.07, 6.45) is 0. The molecule has 0 fully saturated rings. The van der Waals surface area contributed by atoms with Gasteiger partial charge in [0.15, 0.2) is 0 Å². The number of hydrogen-bond acceptors (Lipinski definition) is 1. The maximum absolute atomic E-state index is 9.61. The fourth-order valence-electron chi connectivity index (χ4n) is 5.26. The average molecular weight is 600 g/mol. The van der Waals surface area contributed by atoms with E-state index in [2.05, 4.69) is 0 Å². The summed E-state index contributed by atoms with van der Waals surface area (Å²) >= 11 is 0. The fourth-order valence-corrected chi connectivity index (χ4v) is 5.26. The molecule has 9 rings (SSSR count). The molecule has 0 saturated heterocycles. The topological polar surface area (TPSA) is 13.1 Å². The molecular weight excluding hydrogens is 544 g/mol. The van der Waals surface area contributed by atoms with Crippen molar-refractivity contribution in [3.63, 3.8) is 0 Å². The van der Waals surface area contributed by atoms with Gasteiger partial charge in [-0.05, 0) is 73.1 Å². The molecule has 0 unspecified atom stereocenters. The van der Waals surface area contributed by atoms with Crippen LogP contribution in [-0.2, 0) is 0 Å². The molecule has 0 aliphatic heterocycles. The highest BCUT2D eigenvalue weighted by Crippen LogP contribution is 2.47. The molecule has 0 aliphatic carbocycles. The van der Waals surface area contributed by atoms with E-state index in [4.69, 9.17) is 29.1 Å². The van der Waals surface area contributed by atoms with Gasteiger partial charge in [-0.1, -0.05) is 151 Å². The second-order valence-electron chi connectivity index (χ2n) is 9.59. The minimum Gasteiger partial charge on any atom is -0.455 e. The number of furan rings is 1. The minimum absolute atomic E-state index is 0.289. The van der Waals surface area contributed by atoms with E-state index in [1.165, 1.54) is 0 Å². The molecule has 1 aromatic heterocycles. The largest absolute Gasteiger partial charge is 0.455 e. The molecule has 9 aromatic rings. The number of fused-ring (bicyclic) bond motifs is 5. The van der Waals surface area contributed by atoms with E-state index in [9.17, 15) is 12.3 Å². The Morgan fingerprint density at radius 2 is 0.889 bits per heavy atom. The smallest absolute Gasteiger partial charge is 0.143 e. The Bertz CT molecular complexity index is 3920. The first-order valence-corrected chi connectivity index (χ1v) is 13.2. The van der Waals surface area contributed by atoms with Gasteiger partial charge < -0.3 is 4.42 Å². The molecule has 210 valence electrons. The predicted molar refractivity (Wildman–Crippen MR) is 190 cm³/mol. The first-order chi connectivity index (χ1) is 33.6. The maximum atomic E-state index is 9.61. The summed E-state index contributed by atoms with van der Waals surface area (Å²) in [7, 11) is 0. The van der Waals surface area contributed by atoms with Crippen LogP contribution in [0, 0.1) is 0 Å². The number of para-hydroxylation sites is 1. The van der Waals surface area contributed by atoms with Crippen molar-refractivity contribution in [3.05, 3.63) is 169 Å². The van der Waals surface area contributed by atoms with Crippen molar-refractivity contribution in [2.45, 2.75) is 0 Å². The molecule has 0 spiro atoms. The molecular formula is C44H28O. The molecule has 0 atom stereocenters. The zero-order valence-corrected chi connectivity index (χ0v) is 22.5. The highest BCUT2D eigenvalue weighted by Gasteiger charge is 2.20. The van der Waals surface area contributed by atoms with Crippen LogP contribution in [0.15, 0.2) is 174 Å². The van der Waals surface area contributed by atoms with E-state index in [1.54, 1.807) is 0 Å². The van der Waals surface area contributed by atoms with Crippen LogP contribution in [0.3, 0.4) is 0 Å². The van der Waals surface area contributed by atoms with E-state index in [-0.39, 0.29) is 10.8 Å². The zero-order valence-electron chi connectivity index (χ0n) is 49.5. The van der Waals surface area contributed by atoms with Crippen LogP contribution in [0.4, 0.5) is 0 Å². The van der Waals surface area contributed by atoms with Crippen LogP contribution in [-0.4, -0.2) is 0 Å². The van der Waals surface area contributed by atoms with Gasteiger partial charge in [0, 0.05) is 21.9 Å². The van der Waals surface area contributed by atoms with Crippen LogP contribution < -0.4 is 0 Å². The molecule has 0 amide bonds. The Kier molecular flexibility index (Phi) is 2.38. The summed E-state index contributed by atoms with van der Waals surface area (Å²) in [5, 5.41) is -3.51. The van der Waals surface area contributed by atoms with Crippen molar-refractivity contribution in [2.24, 2.45) is 0 Å². The Hall–Kier alpha value is -5.92. The minimum atomic E-state index is -1.04. The Balaban J connectivity index is 1.57. The molecule has 45 heavy (non-hydrogen) atoms. The van der Waals surface area contributed by atoms with E-state index in [1.807, 2.05) is 0 Å². The molecule has 1 heteroatoms. The second-order valence-corrected chi connectivity index (χ2v) is 9.59. The average Bonchev–Trinajstić information content (AvgIpc) is 3.73. The predicted octanol–water partition coefficient (Wildman–Crippen LogP) is 12.6. The van der Waals surface area contributed by atoms with Crippen LogP contribution >= 0.6 is 0 Å². The lowest BCUT2D eigenvalue weighted by molar-refractivity contribution is 0.670. The lowest BCUT2D eigenvalue weighted by Gasteiger charge is -2.18. The molecule has 0 saturated carbocycles. The van der Waals surface area contributed by atoms with Gasteiger partial charge in [0.25, 0.3) is 0 Å². The highest BCUT2D eigenvalue weighted by atomic mass is 16.3. The molecule has 8 aromatic carbocycles. The highest BCUT2D eigenvalue weighted by molar-refractivity contribution is 6.24. The summed E-state index contributed by atoms with van der Waals surface area (Å²) in [5.41, 5.74) is -6.88. The van der Waals surface area contributed by atoms with Crippen molar-refractivity contribution in [3.8, 4) is 44.5 Å². The third-order valence-electron chi connectivity index (χ3n) is 7.14. The number of benzene rings is 8. The Labute approximate surface area is 299 Å². The van der Waals surface area contributed by atoms with Crippen LogP contribution in [0.1, 0.15) is 37.0 Å². The third kappa shape index (κ3) is 4.17. The fraction of sp³-hybridized carbons (Fsp3) is 0. The molecule has 1 heterocycles. The first-order valence-electron chi connectivity index (χ1n) is 26.7. The lowest BCUT2D eigenvalue weighted by atomic mass is 9.85. The van der Waals surface area contributed by atoms with E-state index >= 15 is 0 Å². The van der Waals surface area contributed by atoms with Crippen LogP contribution in [0.2, 0.25) is 0 Å². The summed E-state index contributed by atoms with van der Waals surface area (Å²) in [6.45, 7) is 0. The lowest BCUT2D eigenvalue weighted by Crippen LogP contribution is -1.91. The molecule has 0 N–H and O–H groups in total. The number of hydrogen-bond donors (Lipinski definition) is 0.